The van der Waals surface area contributed by atoms with Gasteiger partial charge in [-0.25, -0.2) is 0 Å². The molecule has 0 aliphatic heterocycles. The zero-order valence-corrected chi connectivity index (χ0v) is 12.8. The summed E-state index contributed by atoms with van der Waals surface area (Å²) in [6.07, 6.45) is 3.76. The van der Waals surface area contributed by atoms with Crippen LogP contribution in [0.25, 0.3) is 10.8 Å². The average molecular weight is 271 g/mol. The van der Waals surface area contributed by atoms with Crippen molar-refractivity contribution in [1.82, 2.24) is 15.2 Å². The highest BCUT2D eigenvalue weighted by atomic mass is 15.1. The molecule has 0 saturated carbocycles. The molecule has 108 valence electrons. The van der Waals surface area contributed by atoms with Crippen molar-refractivity contribution >= 4 is 10.8 Å². The van der Waals surface area contributed by atoms with Gasteiger partial charge in [-0.2, -0.15) is 0 Å². The molecule has 2 rings (SSSR count). The first-order valence-corrected chi connectivity index (χ1v) is 7.51. The van der Waals surface area contributed by atoms with Crippen molar-refractivity contribution in [3.05, 3.63) is 42.2 Å². The van der Waals surface area contributed by atoms with Gasteiger partial charge in [0.2, 0.25) is 0 Å². The second-order valence-electron chi connectivity index (χ2n) is 5.32. The largest absolute Gasteiger partial charge is 0.309 e. The maximum absolute atomic E-state index is 4.15. The van der Waals surface area contributed by atoms with Crippen molar-refractivity contribution < 1.29 is 0 Å². The van der Waals surface area contributed by atoms with Crippen LogP contribution in [0.5, 0.6) is 0 Å². The first kappa shape index (κ1) is 14.9. The van der Waals surface area contributed by atoms with Gasteiger partial charge in [0, 0.05) is 36.9 Å². The quantitative estimate of drug-likeness (QED) is 0.839. The van der Waals surface area contributed by atoms with Crippen LogP contribution in [0.4, 0.5) is 0 Å². The fourth-order valence-corrected chi connectivity index (χ4v) is 2.47. The highest BCUT2D eigenvalue weighted by Crippen LogP contribution is 2.14. The van der Waals surface area contributed by atoms with Crippen LogP contribution in [0.15, 0.2) is 36.7 Å². The zero-order valence-electron chi connectivity index (χ0n) is 12.8. The van der Waals surface area contributed by atoms with Crippen LogP contribution in [0.3, 0.4) is 0 Å². The number of pyridine rings is 1. The molecule has 20 heavy (non-hydrogen) atoms. The third-order valence-corrected chi connectivity index (χ3v) is 3.79. The van der Waals surface area contributed by atoms with Gasteiger partial charge in [-0.05, 0) is 43.1 Å². The molecule has 0 saturated heterocycles. The Labute approximate surface area is 122 Å². The first-order chi connectivity index (χ1) is 9.72. The van der Waals surface area contributed by atoms with Crippen LogP contribution in [0.2, 0.25) is 0 Å². The number of rotatable bonds is 7. The third kappa shape index (κ3) is 4.02. The molecule has 1 unspecified atom stereocenters. The van der Waals surface area contributed by atoms with Crippen molar-refractivity contribution in [2.45, 2.75) is 33.4 Å². The lowest BCUT2D eigenvalue weighted by atomic mass is 10.1. The van der Waals surface area contributed by atoms with Crippen molar-refractivity contribution in [3.8, 4) is 0 Å². The summed E-state index contributed by atoms with van der Waals surface area (Å²) in [5.74, 6) is 0. The van der Waals surface area contributed by atoms with Gasteiger partial charge in [-0.1, -0.05) is 26.0 Å². The Morgan fingerprint density at radius 2 is 1.95 bits per heavy atom. The molecule has 1 atom stereocenters. The van der Waals surface area contributed by atoms with Gasteiger partial charge in [0.1, 0.15) is 0 Å². The first-order valence-electron chi connectivity index (χ1n) is 7.51. The second kappa shape index (κ2) is 7.36. The van der Waals surface area contributed by atoms with E-state index >= 15 is 0 Å². The molecule has 3 nitrogen and oxygen atoms in total. The van der Waals surface area contributed by atoms with Gasteiger partial charge in [-0.3, -0.25) is 4.98 Å². The minimum Gasteiger partial charge on any atom is -0.309 e. The average Bonchev–Trinajstić information content (AvgIpc) is 2.50. The molecule has 0 aliphatic carbocycles. The Hall–Kier alpha value is -1.45. The molecule has 0 radical (unpaired) electrons. The van der Waals surface area contributed by atoms with E-state index in [1.165, 1.54) is 16.3 Å². The summed E-state index contributed by atoms with van der Waals surface area (Å²) >= 11 is 0. The number of benzene rings is 1. The summed E-state index contributed by atoms with van der Waals surface area (Å²) in [4.78, 5) is 6.60. The molecule has 1 N–H and O–H groups in total. The number of nitrogens with one attached hydrogen (secondary N) is 1. The molecule has 0 bridgehead atoms. The number of hydrogen-bond acceptors (Lipinski definition) is 3. The van der Waals surface area contributed by atoms with Gasteiger partial charge in [0.25, 0.3) is 0 Å². The molecule has 3 heteroatoms. The van der Waals surface area contributed by atoms with Gasteiger partial charge >= 0.3 is 0 Å². The number of hydrogen-bond donors (Lipinski definition) is 1. The Bertz CT molecular complexity index is 535. The monoisotopic (exact) mass is 271 g/mol. The van der Waals surface area contributed by atoms with Crippen LogP contribution in [0, 0.1) is 0 Å². The molecular formula is C17H25N3. The van der Waals surface area contributed by atoms with E-state index in [4.69, 9.17) is 0 Å². The number of fused-ring (bicyclic) bond motifs is 1. The molecule has 2 aromatic rings. The normalized spacial score (nSPS) is 13.0. The van der Waals surface area contributed by atoms with E-state index in [-0.39, 0.29) is 0 Å². The zero-order chi connectivity index (χ0) is 14.4. The fraction of sp³-hybridized carbons (Fsp3) is 0.471. The molecule has 0 fully saturated rings. The predicted molar refractivity (Wildman–Crippen MR) is 85.8 cm³/mol. The number of nitrogens with zero attached hydrogens (tertiary/aromatic N) is 2. The lowest BCUT2D eigenvalue weighted by molar-refractivity contribution is 0.270. The standard InChI is InChI=1S/C17H25N3/c1-4-20(5-2)13-14(3)19-11-15-6-7-17-12-18-9-8-16(17)10-15/h6-10,12,14,19H,4-5,11,13H2,1-3H3. The molecule has 1 aromatic carbocycles. The number of likely N-dealkylation sites (N-methyl/N-ethyl adjacent to an activating group) is 1. The van der Waals surface area contributed by atoms with E-state index in [1.54, 1.807) is 0 Å². The van der Waals surface area contributed by atoms with Crippen molar-refractivity contribution in [2.24, 2.45) is 0 Å². The fourth-order valence-electron chi connectivity index (χ4n) is 2.47. The predicted octanol–water partition coefficient (Wildman–Crippen LogP) is 3.05. The summed E-state index contributed by atoms with van der Waals surface area (Å²) in [6.45, 7) is 10.9. The highest BCUT2D eigenvalue weighted by Gasteiger charge is 2.06. The Morgan fingerprint density at radius 3 is 2.70 bits per heavy atom. The molecule has 0 aliphatic rings. The van der Waals surface area contributed by atoms with E-state index < -0.39 is 0 Å². The SMILES string of the molecule is CCN(CC)CC(C)NCc1ccc2cnccc2c1. The van der Waals surface area contributed by atoms with Crippen LogP contribution < -0.4 is 5.32 Å². The van der Waals surface area contributed by atoms with Gasteiger partial charge < -0.3 is 10.2 Å². The van der Waals surface area contributed by atoms with Crippen molar-refractivity contribution in [1.29, 1.82) is 0 Å². The van der Waals surface area contributed by atoms with E-state index in [0.717, 1.165) is 26.2 Å². The molecule has 1 aromatic heterocycles. The van der Waals surface area contributed by atoms with E-state index in [9.17, 15) is 0 Å². The molecule has 0 spiro atoms. The third-order valence-electron chi connectivity index (χ3n) is 3.79. The van der Waals surface area contributed by atoms with Gasteiger partial charge in [0.05, 0.1) is 0 Å². The van der Waals surface area contributed by atoms with Gasteiger partial charge in [-0.15, -0.1) is 0 Å². The molecule has 1 heterocycles. The van der Waals surface area contributed by atoms with Crippen LogP contribution in [-0.2, 0) is 6.54 Å². The minimum absolute atomic E-state index is 0.503. The van der Waals surface area contributed by atoms with Crippen LogP contribution in [0.1, 0.15) is 26.3 Å². The molecule has 0 amide bonds. The minimum atomic E-state index is 0.503. The Morgan fingerprint density at radius 1 is 1.15 bits per heavy atom. The maximum Gasteiger partial charge on any atom is 0.0346 e. The highest BCUT2D eigenvalue weighted by molar-refractivity contribution is 5.81. The van der Waals surface area contributed by atoms with Crippen molar-refractivity contribution in [3.63, 3.8) is 0 Å². The van der Waals surface area contributed by atoms with E-state index in [1.807, 2.05) is 12.4 Å². The maximum atomic E-state index is 4.15. The summed E-state index contributed by atoms with van der Waals surface area (Å²) in [7, 11) is 0. The van der Waals surface area contributed by atoms with E-state index in [0.29, 0.717) is 6.04 Å². The summed E-state index contributed by atoms with van der Waals surface area (Å²) in [5, 5.41) is 6.07. The molecular weight excluding hydrogens is 246 g/mol. The van der Waals surface area contributed by atoms with Crippen LogP contribution in [-0.4, -0.2) is 35.6 Å². The smallest absolute Gasteiger partial charge is 0.0346 e. The lowest BCUT2D eigenvalue weighted by Crippen LogP contribution is -2.38. The van der Waals surface area contributed by atoms with Gasteiger partial charge in [0.15, 0.2) is 0 Å². The Kier molecular flexibility index (Phi) is 5.50. The lowest BCUT2D eigenvalue weighted by Gasteiger charge is -2.23. The van der Waals surface area contributed by atoms with E-state index in [2.05, 4.69) is 60.2 Å². The summed E-state index contributed by atoms with van der Waals surface area (Å²) in [5.41, 5.74) is 1.33. The van der Waals surface area contributed by atoms with Crippen molar-refractivity contribution in [2.75, 3.05) is 19.6 Å². The summed E-state index contributed by atoms with van der Waals surface area (Å²) in [6, 6.07) is 9.14. The van der Waals surface area contributed by atoms with Crippen LogP contribution >= 0.6 is 0 Å². The number of aromatic nitrogens is 1. The Balaban J connectivity index is 1.92. The topological polar surface area (TPSA) is 28.2 Å². The second-order valence-corrected chi connectivity index (χ2v) is 5.32. The summed E-state index contributed by atoms with van der Waals surface area (Å²) < 4.78 is 0.